The molecule has 2 N–H and O–H groups in total. The van der Waals surface area contributed by atoms with Crippen LogP contribution in [0.2, 0.25) is 0 Å². The van der Waals surface area contributed by atoms with E-state index in [1.165, 1.54) is 5.56 Å². The number of halogens is 1. The summed E-state index contributed by atoms with van der Waals surface area (Å²) in [4.78, 5) is 30.3. The topological polar surface area (TPSA) is 78.3 Å². The second-order valence-corrected chi connectivity index (χ2v) is 6.91. The van der Waals surface area contributed by atoms with E-state index in [4.69, 9.17) is 4.42 Å². The van der Waals surface area contributed by atoms with Gasteiger partial charge in [0.15, 0.2) is 0 Å². The molecular weight excluding hydrogens is 390 g/mol. The Morgan fingerprint density at radius 1 is 1.17 bits per heavy atom. The van der Waals surface area contributed by atoms with E-state index in [0.29, 0.717) is 31.1 Å². The molecule has 4 rings (SSSR count). The van der Waals surface area contributed by atoms with Crippen LogP contribution in [0, 0.1) is 0 Å². The number of hydrogen-bond donors (Lipinski definition) is 2. The van der Waals surface area contributed by atoms with Gasteiger partial charge in [-0.2, -0.15) is 0 Å². The maximum absolute atomic E-state index is 13.2. The Morgan fingerprint density at radius 3 is 2.62 bits per heavy atom. The summed E-state index contributed by atoms with van der Waals surface area (Å²) in [6.07, 6.45) is 2.52. The molecule has 29 heavy (non-hydrogen) atoms. The van der Waals surface area contributed by atoms with Crippen molar-refractivity contribution in [3.63, 3.8) is 0 Å². The lowest BCUT2D eigenvalue weighted by atomic mass is 10.00. The van der Waals surface area contributed by atoms with Crippen molar-refractivity contribution in [2.75, 3.05) is 19.6 Å². The van der Waals surface area contributed by atoms with E-state index >= 15 is 0 Å². The molecule has 1 unspecified atom stereocenters. The Balaban J connectivity index is 0.00000240. The van der Waals surface area contributed by atoms with E-state index < -0.39 is 5.56 Å². The van der Waals surface area contributed by atoms with Crippen LogP contribution >= 0.6 is 12.4 Å². The lowest BCUT2D eigenvalue weighted by molar-refractivity contribution is 0.0632. The van der Waals surface area contributed by atoms with Crippen molar-refractivity contribution >= 4 is 18.3 Å². The number of nitrogens with one attached hydrogen (secondary N) is 2. The van der Waals surface area contributed by atoms with Gasteiger partial charge < -0.3 is 19.6 Å². The summed E-state index contributed by atoms with van der Waals surface area (Å²) in [5.41, 5.74) is 2.63. The van der Waals surface area contributed by atoms with E-state index in [9.17, 15) is 9.59 Å². The molecule has 0 bridgehead atoms. The highest BCUT2D eigenvalue weighted by Gasteiger charge is 2.30. The van der Waals surface area contributed by atoms with Crippen LogP contribution in [0.25, 0.3) is 11.5 Å². The number of hydrogen-bond acceptors (Lipinski definition) is 4. The summed E-state index contributed by atoms with van der Waals surface area (Å²) in [6.45, 7) is 4.04. The predicted octanol–water partition coefficient (Wildman–Crippen LogP) is 3.41. The summed E-state index contributed by atoms with van der Waals surface area (Å²) in [7, 11) is 0. The lowest BCUT2D eigenvalue weighted by Crippen LogP contribution is -2.49. The monoisotopic (exact) mass is 413 g/mol. The summed E-state index contributed by atoms with van der Waals surface area (Å²) in [6, 6.07) is 15.0. The summed E-state index contributed by atoms with van der Waals surface area (Å²) < 4.78 is 5.31. The summed E-state index contributed by atoms with van der Waals surface area (Å²) >= 11 is 0. The number of amides is 1. The average molecular weight is 414 g/mol. The molecule has 3 heterocycles. The number of carbonyl (C=O) groups is 1. The molecule has 1 saturated heterocycles. The number of benzene rings is 1. The minimum Gasteiger partial charge on any atom is -0.463 e. The van der Waals surface area contributed by atoms with Crippen molar-refractivity contribution in [3.05, 3.63) is 81.8 Å². The van der Waals surface area contributed by atoms with Gasteiger partial charge in [-0.05, 0) is 41.8 Å². The van der Waals surface area contributed by atoms with Gasteiger partial charge in [-0.1, -0.05) is 31.2 Å². The molecule has 1 aliphatic heterocycles. The van der Waals surface area contributed by atoms with Crippen molar-refractivity contribution < 1.29 is 9.21 Å². The zero-order chi connectivity index (χ0) is 19.5. The van der Waals surface area contributed by atoms with Crippen LogP contribution in [-0.2, 0) is 6.42 Å². The normalized spacial score (nSPS) is 16.3. The zero-order valence-corrected chi connectivity index (χ0v) is 17.0. The minimum absolute atomic E-state index is 0. The highest BCUT2D eigenvalue weighted by molar-refractivity contribution is 5.94. The van der Waals surface area contributed by atoms with Gasteiger partial charge in [0.25, 0.3) is 11.5 Å². The highest BCUT2D eigenvalue weighted by atomic mass is 35.5. The third-order valence-electron chi connectivity index (χ3n) is 5.20. The largest absolute Gasteiger partial charge is 0.463 e. The van der Waals surface area contributed by atoms with Crippen molar-refractivity contribution in [2.24, 2.45) is 0 Å². The molecule has 6 nitrogen and oxygen atoms in total. The van der Waals surface area contributed by atoms with E-state index in [0.717, 1.165) is 12.0 Å². The minimum atomic E-state index is -0.405. The SMILES string of the molecule is CCc1ccc(C2CNCCN2C(=O)c2ccc(-c3ccco3)[nH]c2=O)cc1.Cl. The van der Waals surface area contributed by atoms with Crippen molar-refractivity contribution in [2.45, 2.75) is 19.4 Å². The van der Waals surface area contributed by atoms with E-state index in [2.05, 4.69) is 41.5 Å². The van der Waals surface area contributed by atoms with Gasteiger partial charge >= 0.3 is 0 Å². The van der Waals surface area contributed by atoms with E-state index in [1.807, 2.05) is 0 Å². The maximum Gasteiger partial charge on any atom is 0.261 e. The number of H-pyrrole nitrogens is 1. The van der Waals surface area contributed by atoms with Gasteiger partial charge in [0.05, 0.1) is 18.0 Å². The molecule has 1 amide bonds. The number of piperazine rings is 1. The first-order valence-corrected chi connectivity index (χ1v) is 9.55. The molecule has 0 aliphatic carbocycles. The van der Waals surface area contributed by atoms with E-state index in [-0.39, 0.29) is 29.9 Å². The van der Waals surface area contributed by atoms with Crippen LogP contribution in [0.3, 0.4) is 0 Å². The van der Waals surface area contributed by atoms with Crippen LogP contribution in [0.1, 0.15) is 34.5 Å². The number of rotatable bonds is 4. The molecule has 1 atom stereocenters. The Hall–Kier alpha value is -2.83. The molecule has 3 aromatic rings. The predicted molar refractivity (Wildman–Crippen MR) is 114 cm³/mol. The van der Waals surface area contributed by atoms with Crippen LogP contribution in [0.5, 0.6) is 0 Å². The Labute approximate surface area is 175 Å². The van der Waals surface area contributed by atoms with Gasteiger partial charge in [-0.25, -0.2) is 0 Å². The fourth-order valence-corrected chi connectivity index (χ4v) is 3.59. The second-order valence-electron chi connectivity index (χ2n) is 6.91. The Bertz CT molecular complexity index is 1010. The summed E-state index contributed by atoms with van der Waals surface area (Å²) in [5, 5.41) is 3.35. The number of aromatic amines is 1. The van der Waals surface area contributed by atoms with Gasteiger partial charge in [-0.3, -0.25) is 9.59 Å². The van der Waals surface area contributed by atoms with Gasteiger partial charge in [0.2, 0.25) is 0 Å². The van der Waals surface area contributed by atoms with Crippen LogP contribution in [0.4, 0.5) is 0 Å². The fraction of sp³-hybridized carbons (Fsp3) is 0.273. The van der Waals surface area contributed by atoms with Crippen molar-refractivity contribution in [1.82, 2.24) is 15.2 Å². The molecule has 1 aromatic carbocycles. The number of aromatic nitrogens is 1. The smallest absolute Gasteiger partial charge is 0.261 e. The molecule has 2 aromatic heterocycles. The molecule has 0 saturated carbocycles. The average Bonchev–Trinajstić information content (AvgIpc) is 3.28. The molecule has 152 valence electrons. The Morgan fingerprint density at radius 2 is 1.97 bits per heavy atom. The highest BCUT2D eigenvalue weighted by Crippen LogP contribution is 2.24. The molecule has 1 fully saturated rings. The standard InChI is InChI=1S/C22H23N3O3.ClH/c1-2-15-5-7-16(8-6-15)19-14-23-11-12-25(19)22(27)17-9-10-18(24-21(17)26)20-4-3-13-28-20;/h3-10,13,19,23H,2,11-12,14H2,1H3,(H,24,26);1H. The quantitative estimate of drug-likeness (QED) is 0.687. The maximum atomic E-state index is 13.2. The summed E-state index contributed by atoms with van der Waals surface area (Å²) in [5.74, 6) is 0.311. The molecule has 7 heteroatoms. The van der Waals surface area contributed by atoms with Gasteiger partial charge in [0.1, 0.15) is 11.3 Å². The third-order valence-corrected chi connectivity index (χ3v) is 5.20. The second kappa shape index (κ2) is 9.11. The number of carbonyl (C=O) groups excluding carboxylic acids is 1. The first-order valence-electron chi connectivity index (χ1n) is 9.55. The number of nitrogens with zero attached hydrogens (tertiary/aromatic N) is 1. The van der Waals surface area contributed by atoms with Gasteiger partial charge in [-0.15, -0.1) is 12.4 Å². The fourth-order valence-electron chi connectivity index (χ4n) is 3.59. The van der Waals surface area contributed by atoms with Crippen LogP contribution in [0.15, 0.2) is 64.0 Å². The van der Waals surface area contributed by atoms with E-state index in [1.54, 1.807) is 35.4 Å². The van der Waals surface area contributed by atoms with Crippen molar-refractivity contribution in [1.29, 1.82) is 0 Å². The van der Waals surface area contributed by atoms with Crippen LogP contribution in [-0.4, -0.2) is 35.4 Å². The number of pyridine rings is 1. The lowest BCUT2D eigenvalue weighted by Gasteiger charge is -2.36. The van der Waals surface area contributed by atoms with Gasteiger partial charge in [0, 0.05) is 19.6 Å². The zero-order valence-electron chi connectivity index (χ0n) is 16.2. The molecule has 0 spiro atoms. The first kappa shape index (κ1) is 20.9. The Kier molecular flexibility index (Phi) is 6.56. The molecule has 0 radical (unpaired) electrons. The van der Waals surface area contributed by atoms with Crippen molar-refractivity contribution in [3.8, 4) is 11.5 Å². The molecular formula is C22H24ClN3O3. The number of aryl methyl sites for hydroxylation is 1. The number of furan rings is 1. The third kappa shape index (κ3) is 4.28. The first-order chi connectivity index (χ1) is 13.7. The van der Waals surface area contributed by atoms with Crippen LogP contribution < -0.4 is 10.9 Å². The molecule has 1 aliphatic rings.